The molecule has 0 spiro atoms. The van der Waals surface area contributed by atoms with E-state index in [1.807, 2.05) is 0 Å². The van der Waals surface area contributed by atoms with Crippen LogP contribution in [0.25, 0.3) is 0 Å². The molecule has 8 nitrogen and oxygen atoms in total. The van der Waals surface area contributed by atoms with Crippen molar-refractivity contribution in [3.05, 3.63) is 20.3 Å². The van der Waals surface area contributed by atoms with Crippen LogP contribution >= 0.6 is 15.9 Å². The highest BCUT2D eigenvalue weighted by Crippen LogP contribution is 2.29. The number of amides is 1. The van der Waals surface area contributed by atoms with Crippen molar-refractivity contribution < 1.29 is 14.5 Å². The van der Waals surface area contributed by atoms with E-state index in [1.165, 1.54) is 4.68 Å². The molecule has 0 unspecified atom stereocenters. The van der Waals surface area contributed by atoms with E-state index in [9.17, 15) is 14.9 Å². The number of nitrogens with one attached hydrogen (secondary N) is 1. The molecule has 2 atom stereocenters. The Bertz CT molecular complexity index is 554. The molecule has 1 aliphatic heterocycles. The number of nitro groups is 1. The SMILES string of the molecule is Cc1c(Br)c([N+](=O)[O-])nn1[C@@H](C)C(=O)NC[C@H]1CCCO1. The Labute approximate surface area is 130 Å². The first kappa shape index (κ1) is 15.9. The molecule has 1 aliphatic rings. The second kappa shape index (κ2) is 6.52. The molecular weight excluding hydrogens is 344 g/mol. The van der Waals surface area contributed by atoms with E-state index in [2.05, 4.69) is 26.3 Å². The van der Waals surface area contributed by atoms with Gasteiger partial charge in [0.25, 0.3) is 0 Å². The first-order chi connectivity index (χ1) is 9.91. The lowest BCUT2D eigenvalue weighted by Gasteiger charge is -2.14. The second-order valence-corrected chi connectivity index (χ2v) is 5.77. The summed E-state index contributed by atoms with van der Waals surface area (Å²) in [5, 5.41) is 17.5. The maximum atomic E-state index is 12.1. The molecule has 0 aliphatic carbocycles. The molecule has 0 bridgehead atoms. The van der Waals surface area contributed by atoms with Crippen LogP contribution in [0.1, 0.15) is 31.5 Å². The molecule has 9 heteroatoms. The van der Waals surface area contributed by atoms with Gasteiger partial charge in [-0.2, -0.15) is 4.68 Å². The number of rotatable bonds is 5. The van der Waals surface area contributed by atoms with Crippen LogP contribution in [0.4, 0.5) is 5.82 Å². The van der Waals surface area contributed by atoms with Gasteiger partial charge in [0.15, 0.2) is 0 Å². The van der Waals surface area contributed by atoms with E-state index in [4.69, 9.17) is 4.74 Å². The first-order valence-electron chi connectivity index (χ1n) is 6.70. The number of carbonyl (C=O) groups is 1. The van der Waals surface area contributed by atoms with Gasteiger partial charge in [-0.3, -0.25) is 4.79 Å². The molecule has 116 valence electrons. The third-order valence-electron chi connectivity index (χ3n) is 3.51. The number of ether oxygens (including phenoxy) is 1. The average molecular weight is 361 g/mol. The topological polar surface area (TPSA) is 99.3 Å². The van der Waals surface area contributed by atoms with Gasteiger partial charge in [-0.05, 0) is 47.5 Å². The fourth-order valence-electron chi connectivity index (χ4n) is 2.26. The summed E-state index contributed by atoms with van der Waals surface area (Å²) in [5.41, 5.74) is 0.543. The minimum atomic E-state index is -0.628. The van der Waals surface area contributed by atoms with Crippen LogP contribution in [0.3, 0.4) is 0 Å². The predicted octanol–water partition coefficient (Wildman–Crippen LogP) is 1.72. The Morgan fingerprint density at radius 3 is 2.95 bits per heavy atom. The highest BCUT2D eigenvalue weighted by molar-refractivity contribution is 9.10. The molecule has 1 aromatic rings. The number of hydrogen-bond acceptors (Lipinski definition) is 5. The Morgan fingerprint density at radius 1 is 1.71 bits per heavy atom. The molecule has 1 fully saturated rings. The average Bonchev–Trinajstić information content (AvgIpc) is 3.05. The second-order valence-electron chi connectivity index (χ2n) is 4.98. The number of aromatic nitrogens is 2. The van der Waals surface area contributed by atoms with Crippen LogP contribution in [0.2, 0.25) is 0 Å². The van der Waals surface area contributed by atoms with Gasteiger partial charge in [-0.1, -0.05) is 0 Å². The lowest BCUT2D eigenvalue weighted by molar-refractivity contribution is -0.390. The summed E-state index contributed by atoms with van der Waals surface area (Å²) in [7, 11) is 0. The monoisotopic (exact) mass is 360 g/mol. The summed E-state index contributed by atoms with van der Waals surface area (Å²) in [5.74, 6) is -0.523. The zero-order valence-corrected chi connectivity index (χ0v) is 13.4. The highest BCUT2D eigenvalue weighted by atomic mass is 79.9. The largest absolute Gasteiger partial charge is 0.404 e. The van der Waals surface area contributed by atoms with E-state index in [0.717, 1.165) is 19.4 Å². The fraction of sp³-hybridized carbons (Fsp3) is 0.667. The molecule has 1 amide bonds. The standard InChI is InChI=1S/C12H17BrN4O4/c1-7-10(13)11(17(19)20)15-16(7)8(2)12(18)14-6-9-4-3-5-21-9/h8-9H,3-6H2,1-2H3,(H,14,18)/t8-,9+/m0/s1. The van der Waals surface area contributed by atoms with Crippen LogP contribution in [0.15, 0.2) is 4.47 Å². The summed E-state index contributed by atoms with van der Waals surface area (Å²) < 4.78 is 7.08. The van der Waals surface area contributed by atoms with Crippen molar-refractivity contribution in [2.75, 3.05) is 13.2 Å². The van der Waals surface area contributed by atoms with Crippen LogP contribution in [0, 0.1) is 17.0 Å². The van der Waals surface area contributed by atoms with Gasteiger partial charge in [-0.15, -0.1) is 0 Å². The maximum absolute atomic E-state index is 12.1. The predicted molar refractivity (Wildman–Crippen MR) is 78.0 cm³/mol. The van der Waals surface area contributed by atoms with Gasteiger partial charge in [0.2, 0.25) is 5.91 Å². The van der Waals surface area contributed by atoms with Gasteiger partial charge in [0, 0.05) is 13.2 Å². The quantitative estimate of drug-likeness (QED) is 0.636. The lowest BCUT2D eigenvalue weighted by atomic mass is 10.2. The first-order valence-corrected chi connectivity index (χ1v) is 7.49. The van der Waals surface area contributed by atoms with Crippen molar-refractivity contribution >= 4 is 27.7 Å². The zero-order chi connectivity index (χ0) is 15.6. The molecular formula is C12H17BrN4O4. The molecule has 1 aromatic heterocycles. The summed E-state index contributed by atoms with van der Waals surface area (Å²) in [6.07, 6.45) is 2.00. The van der Waals surface area contributed by atoms with Crippen LogP contribution < -0.4 is 5.32 Å². The van der Waals surface area contributed by atoms with Gasteiger partial charge in [0.1, 0.15) is 10.5 Å². The molecule has 0 radical (unpaired) electrons. The molecule has 0 saturated carbocycles. The summed E-state index contributed by atoms with van der Waals surface area (Å²) in [6.45, 7) is 4.51. The smallest absolute Gasteiger partial charge is 0.376 e. The summed E-state index contributed by atoms with van der Waals surface area (Å²) in [6, 6.07) is -0.628. The third kappa shape index (κ3) is 3.41. The fourth-order valence-corrected chi connectivity index (χ4v) is 2.66. The van der Waals surface area contributed by atoms with E-state index in [1.54, 1.807) is 13.8 Å². The molecule has 2 rings (SSSR count). The van der Waals surface area contributed by atoms with Crippen molar-refractivity contribution in [3.8, 4) is 0 Å². The highest BCUT2D eigenvalue weighted by Gasteiger charge is 2.29. The normalized spacial score (nSPS) is 19.5. The molecule has 2 heterocycles. The van der Waals surface area contributed by atoms with Crippen LogP contribution in [-0.2, 0) is 9.53 Å². The third-order valence-corrected chi connectivity index (χ3v) is 4.44. The van der Waals surface area contributed by atoms with Crippen molar-refractivity contribution in [2.24, 2.45) is 0 Å². The number of carbonyl (C=O) groups excluding carboxylic acids is 1. The van der Waals surface area contributed by atoms with Crippen LogP contribution in [0.5, 0.6) is 0 Å². The summed E-state index contributed by atoms with van der Waals surface area (Å²) in [4.78, 5) is 22.4. The summed E-state index contributed by atoms with van der Waals surface area (Å²) >= 11 is 3.14. The lowest BCUT2D eigenvalue weighted by Crippen LogP contribution is -2.36. The molecule has 0 aromatic carbocycles. The Hall–Kier alpha value is -1.48. The molecule has 21 heavy (non-hydrogen) atoms. The van der Waals surface area contributed by atoms with E-state index in [-0.39, 0.29) is 17.8 Å². The van der Waals surface area contributed by atoms with Crippen LogP contribution in [-0.4, -0.2) is 39.9 Å². The minimum absolute atomic E-state index is 0.0564. The molecule has 1 saturated heterocycles. The van der Waals surface area contributed by atoms with Gasteiger partial charge in [0.05, 0.1) is 16.9 Å². The van der Waals surface area contributed by atoms with Gasteiger partial charge < -0.3 is 20.2 Å². The van der Waals surface area contributed by atoms with E-state index < -0.39 is 11.0 Å². The Balaban J connectivity index is 2.04. The van der Waals surface area contributed by atoms with Crippen molar-refractivity contribution in [2.45, 2.75) is 38.8 Å². The maximum Gasteiger partial charge on any atom is 0.404 e. The number of hydrogen-bond donors (Lipinski definition) is 1. The van der Waals surface area contributed by atoms with E-state index in [0.29, 0.717) is 16.7 Å². The van der Waals surface area contributed by atoms with Gasteiger partial charge >= 0.3 is 5.82 Å². The number of halogens is 1. The number of nitrogens with zero attached hydrogens (tertiary/aromatic N) is 3. The van der Waals surface area contributed by atoms with E-state index >= 15 is 0 Å². The van der Waals surface area contributed by atoms with Gasteiger partial charge in [-0.25, -0.2) is 0 Å². The van der Waals surface area contributed by atoms with Crippen molar-refractivity contribution in [1.82, 2.24) is 15.1 Å². The minimum Gasteiger partial charge on any atom is -0.376 e. The Morgan fingerprint density at radius 2 is 2.43 bits per heavy atom. The van der Waals surface area contributed by atoms with Crippen molar-refractivity contribution in [1.29, 1.82) is 0 Å². The Kier molecular flexibility index (Phi) is 4.94. The zero-order valence-electron chi connectivity index (χ0n) is 11.8. The van der Waals surface area contributed by atoms with Crippen molar-refractivity contribution in [3.63, 3.8) is 0 Å². The molecule has 1 N–H and O–H groups in total.